The molecule has 6 nitrogen and oxygen atoms in total. The summed E-state index contributed by atoms with van der Waals surface area (Å²) in [5, 5.41) is 0.343. The number of hydrogen-bond donors (Lipinski definition) is 0. The second-order valence-corrected chi connectivity index (χ2v) is 20.0. The molecule has 0 N–H and O–H groups in total. The topological polar surface area (TPSA) is 53.1 Å². The van der Waals surface area contributed by atoms with Gasteiger partial charge in [0.15, 0.2) is 0 Å². The van der Waals surface area contributed by atoms with Crippen LogP contribution in [0, 0.1) is 5.82 Å². The van der Waals surface area contributed by atoms with Gasteiger partial charge in [0, 0.05) is 0 Å². The van der Waals surface area contributed by atoms with Crippen molar-refractivity contribution in [2.75, 3.05) is 33.2 Å². The van der Waals surface area contributed by atoms with Crippen LogP contribution in [-0.2, 0) is 9.53 Å². The zero-order valence-electron chi connectivity index (χ0n) is 20.4. The van der Waals surface area contributed by atoms with Crippen molar-refractivity contribution in [2.24, 2.45) is 0 Å². The van der Waals surface area contributed by atoms with Crippen molar-refractivity contribution < 1.29 is 18.7 Å². The summed E-state index contributed by atoms with van der Waals surface area (Å²) in [6.45, 7) is 10.5. The van der Waals surface area contributed by atoms with Crippen molar-refractivity contribution >= 4 is 45.3 Å². The van der Waals surface area contributed by atoms with E-state index in [2.05, 4.69) is 2.89 Å². The molecular weight excluding hydrogens is 548 g/mol. The molecule has 2 heterocycles. The zero-order valence-corrected chi connectivity index (χ0v) is 24.5. The van der Waals surface area contributed by atoms with Crippen molar-refractivity contribution in [2.45, 2.75) is 66.5 Å². The summed E-state index contributed by atoms with van der Waals surface area (Å²) in [6.07, 6.45) is 2.95. The number of nitrogens with zero attached hydrogens (tertiary/aromatic N) is 3. The molecular formula is C24H36ClFInN3O3. The standard InChI is InChI=1S/C15H19ClFNO.C9H17N2O2.In/c1-4-5-6-7-15(19)18(3)11(2)12-8-13(16)10-14(17)9-12;1-9(2,3)13-8(12)11-6-4-10-5-7-11;/h7-11H,1,4-6H2,2-3H3;4-7H2,1-3H3;/q;-1;+1. The van der Waals surface area contributed by atoms with Crippen LogP contribution in [0.4, 0.5) is 9.18 Å². The van der Waals surface area contributed by atoms with E-state index in [0.29, 0.717) is 23.7 Å². The van der Waals surface area contributed by atoms with Crippen molar-refractivity contribution in [1.82, 2.24) is 12.7 Å². The van der Waals surface area contributed by atoms with Crippen LogP contribution in [0.5, 0.6) is 0 Å². The number of carbonyl (C=O) groups is 2. The summed E-state index contributed by atoms with van der Waals surface area (Å²) in [6, 6.07) is 4.22. The Morgan fingerprint density at radius 2 is 1.85 bits per heavy atom. The van der Waals surface area contributed by atoms with E-state index in [1.54, 1.807) is 15.9 Å². The first-order valence-corrected chi connectivity index (χ1v) is 18.0. The fraction of sp³-hybridized carbons (Fsp3) is 0.667. The number of benzene rings is 1. The Morgan fingerprint density at radius 1 is 1.18 bits per heavy atom. The van der Waals surface area contributed by atoms with Crippen LogP contribution < -0.4 is 0 Å². The molecule has 2 atom stereocenters. The van der Waals surface area contributed by atoms with Gasteiger partial charge in [0.1, 0.15) is 0 Å². The number of piperazine rings is 1. The summed E-state index contributed by atoms with van der Waals surface area (Å²) in [4.78, 5) is 29.6. The van der Waals surface area contributed by atoms with Gasteiger partial charge in [-0.1, -0.05) is 0 Å². The first-order valence-electron chi connectivity index (χ1n) is 11.9. The molecule has 0 spiro atoms. The number of amides is 2. The Balaban J connectivity index is 1.65. The predicted octanol–water partition coefficient (Wildman–Crippen LogP) is 5.10. The van der Waals surface area contributed by atoms with Crippen molar-refractivity contribution in [3.05, 3.63) is 34.6 Å². The average molecular weight is 584 g/mol. The fourth-order valence-corrected chi connectivity index (χ4v) is 16.7. The van der Waals surface area contributed by atoms with Gasteiger partial charge in [0.05, 0.1) is 0 Å². The van der Waals surface area contributed by atoms with Gasteiger partial charge < -0.3 is 0 Å². The molecule has 2 saturated heterocycles. The molecule has 182 valence electrons. The molecule has 0 saturated carbocycles. The molecule has 33 heavy (non-hydrogen) atoms. The van der Waals surface area contributed by atoms with Crippen molar-refractivity contribution in [1.29, 1.82) is 0 Å². The third-order valence-corrected chi connectivity index (χ3v) is 18.4. The Hall–Kier alpha value is -0.990. The number of hydrogen-bond acceptors (Lipinski definition) is 4. The Labute approximate surface area is 210 Å². The van der Waals surface area contributed by atoms with Crippen LogP contribution in [0.25, 0.3) is 0 Å². The minimum absolute atomic E-state index is 0.102. The minimum atomic E-state index is -2.39. The van der Waals surface area contributed by atoms with Gasteiger partial charge in [-0.15, -0.1) is 0 Å². The van der Waals surface area contributed by atoms with Gasteiger partial charge >= 0.3 is 211 Å². The summed E-state index contributed by atoms with van der Waals surface area (Å²) < 4.78 is 23.2. The van der Waals surface area contributed by atoms with Crippen LogP contribution in [0.15, 0.2) is 18.2 Å². The van der Waals surface area contributed by atoms with Crippen molar-refractivity contribution in [3.8, 4) is 0 Å². The van der Waals surface area contributed by atoms with E-state index in [4.69, 9.17) is 16.3 Å². The molecule has 0 aliphatic carbocycles. The van der Waals surface area contributed by atoms with E-state index in [1.807, 2.05) is 34.7 Å². The number of ether oxygens (including phenoxy) is 1. The molecule has 1 aromatic rings. The second-order valence-electron chi connectivity index (χ2n) is 10.3. The molecule has 9 heteroatoms. The van der Waals surface area contributed by atoms with Gasteiger partial charge in [0.25, 0.3) is 0 Å². The molecule has 2 unspecified atom stereocenters. The second kappa shape index (κ2) is 11.2. The maximum absolute atomic E-state index is 13.9. The SMILES string of the molecule is CC(c1cc(F)cc(Cl)c1)N(C)C(=O)[CH]1CCC[CH2][In]1[N]1CCN(C(=O)OC(C)(C)C)CC1. The van der Waals surface area contributed by atoms with Crippen LogP contribution in [0.2, 0.25) is 12.9 Å². The van der Waals surface area contributed by atoms with Gasteiger partial charge in [-0.25, -0.2) is 0 Å². The first kappa shape index (κ1) is 26.6. The summed E-state index contributed by atoms with van der Waals surface area (Å²) >= 11 is 3.66. The predicted molar refractivity (Wildman–Crippen MR) is 130 cm³/mol. The van der Waals surface area contributed by atoms with E-state index in [-0.39, 0.29) is 27.5 Å². The van der Waals surface area contributed by atoms with Crippen LogP contribution in [-0.4, -0.2) is 85.2 Å². The Bertz CT molecular complexity index is 838. The summed E-state index contributed by atoms with van der Waals surface area (Å²) in [7, 11) is 1.82. The molecule has 2 aliphatic rings. The molecule has 2 amide bonds. The van der Waals surface area contributed by atoms with Gasteiger partial charge in [-0.3, -0.25) is 0 Å². The van der Waals surface area contributed by atoms with Crippen LogP contribution >= 0.6 is 11.6 Å². The van der Waals surface area contributed by atoms with E-state index in [0.717, 1.165) is 25.9 Å². The zero-order chi connectivity index (χ0) is 24.3. The summed E-state index contributed by atoms with van der Waals surface area (Å²) in [5.41, 5.74) is 0.214. The molecule has 0 bridgehead atoms. The normalized spacial score (nSPS) is 21.0. The number of carbonyl (C=O) groups excluding carboxylic acids is 2. The number of halogens is 2. The average Bonchev–Trinajstić information content (AvgIpc) is 2.76. The molecule has 0 aromatic heterocycles. The third-order valence-electron chi connectivity index (χ3n) is 6.78. The monoisotopic (exact) mass is 583 g/mol. The van der Waals surface area contributed by atoms with Crippen molar-refractivity contribution in [3.63, 3.8) is 0 Å². The van der Waals surface area contributed by atoms with Gasteiger partial charge in [-0.2, -0.15) is 0 Å². The maximum atomic E-state index is 13.9. The summed E-state index contributed by atoms with van der Waals surface area (Å²) in [5.74, 6) is -0.208. The number of rotatable bonds is 4. The quantitative estimate of drug-likeness (QED) is 0.495. The van der Waals surface area contributed by atoms with E-state index in [1.165, 1.54) is 22.7 Å². The van der Waals surface area contributed by atoms with Crippen LogP contribution in [0.1, 0.15) is 58.6 Å². The fourth-order valence-electron chi connectivity index (χ4n) is 4.89. The molecule has 3 rings (SSSR count). The van der Waals surface area contributed by atoms with E-state index in [9.17, 15) is 14.0 Å². The van der Waals surface area contributed by atoms with E-state index < -0.39 is 27.3 Å². The van der Waals surface area contributed by atoms with Gasteiger partial charge in [0.2, 0.25) is 0 Å². The molecule has 0 radical (unpaired) electrons. The van der Waals surface area contributed by atoms with Crippen LogP contribution in [0.3, 0.4) is 0 Å². The Morgan fingerprint density at radius 3 is 2.45 bits per heavy atom. The Kier molecular flexibility index (Phi) is 9.01. The molecule has 2 aliphatic heterocycles. The van der Waals surface area contributed by atoms with E-state index >= 15 is 0 Å². The first-order chi connectivity index (χ1) is 15.5. The molecule has 2 fully saturated rings. The molecule has 1 aromatic carbocycles. The third kappa shape index (κ3) is 7.01. The van der Waals surface area contributed by atoms with Gasteiger partial charge in [-0.05, 0) is 0 Å².